The molecule has 2 aliphatic heterocycles. The molecule has 0 amide bonds. The third-order valence-corrected chi connectivity index (χ3v) is 8.13. The van der Waals surface area contributed by atoms with Gasteiger partial charge in [-0.3, -0.25) is 4.79 Å². The van der Waals surface area contributed by atoms with Crippen molar-refractivity contribution >= 4 is 17.7 Å². The van der Waals surface area contributed by atoms with Crippen molar-refractivity contribution in [3.05, 3.63) is 60.2 Å². The van der Waals surface area contributed by atoms with Crippen LogP contribution >= 0.6 is 11.8 Å². The van der Waals surface area contributed by atoms with E-state index in [-0.39, 0.29) is 6.42 Å². The van der Waals surface area contributed by atoms with Crippen molar-refractivity contribution in [2.75, 3.05) is 11.5 Å². The number of hydrogen-bond acceptors (Lipinski definition) is 3. The first-order valence-electron chi connectivity index (χ1n) is 13.0. The molecule has 2 aliphatic rings. The molecular formula is C29H42O3S. The Balaban J connectivity index is 1.21. The summed E-state index contributed by atoms with van der Waals surface area (Å²) in [6.07, 6.45) is 22.9. The predicted molar refractivity (Wildman–Crippen MR) is 140 cm³/mol. The van der Waals surface area contributed by atoms with Gasteiger partial charge in [-0.1, -0.05) is 54.6 Å². The van der Waals surface area contributed by atoms with Crippen LogP contribution in [-0.2, 0) is 16.0 Å². The zero-order chi connectivity index (χ0) is 23.1. The molecule has 2 fully saturated rings. The molecule has 4 heteroatoms. The number of carboxylic acid groups (broad SMARTS) is 1. The minimum absolute atomic E-state index is 0.269. The lowest BCUT2D eigenvalue weighted by molar-refractivity contribution is -0.137. The van der Waals surface area contributed by atoms with Gasteiger partial charge in [0.1, 0.15) is 0 Å². The normalized spacial score (nSPS) is 24.4. The number of rotatable bonds is 17. The molecule has 33 heavy (non-hydrogen) atoms. The van der Waals surface area contributed by atoms with Crippen LogP contribution in [-0.4, -0.2) is 34.8 Å². The second kappa shape index (κ2) is 15.4. The Kier molecular flexibility index (Phi) is 12.2. The third kappa shape index (κ3) is 9.70. The largest absolute Gasteiger partial charge is 0.481 e. The third-order valence-electron chi connectivity index (χ3n) is 7.03. The SMILES string of the molecule is O=C(O)CCC/C=C\C[C@@H]1[C@H](CCSCCCC=CCCCc2ccccc2)[C@@H]2CC[C@H]1O2. The average molecular weight is 471 g/mol. The van der Waals surface area contributed by atoms with Crippen molar-refractivity contribution in [1.29, 1.82) is 0 Å². The van der Waals surface area contributed by atoms with Crippen LogP contribution < -0.4 is 0 Å². The molecule has 0 radical (unpaired) electrons. The number of carboxylic acids is 1. The molecule has 182 valence electrons. The highest BCUT2D eigenvalue weighted by molar-refractivity contribution is 7.99. The Morgan fingerprint density at radius 1 is 0.909 bits per heavy atom. The van der Waals surface area contributed by atoms with Gasteiger partial charge in [-0.25, -0.2) is 0 Å². The molecule has 1 aromatic carbocycles. The molecule has 3 rings (SSSR count). The van der Waals surface area contributed by atoms with E-state index in [4.69, 9.17) is 9.84 Å². The number of aliphatic carboxylic acids is 1. The zero-order valence-electron chi connectivity index (χ0n) is 20.1. The van der Waals surface area contributed by atoms with Gasteiger partial charge in [-0.2, -0.15) is 11.8 Å². The Morgan fingerprint density at radius 3 is 2.39 bits per heavy atom. The lowest BCUT2D eigenvalue weighted by Crippen LogP contribution is -2.27. The van der Waals surface area contributed by atoms with Gasteiger partial charge < -0.3 is 9.84 Å². The van der Waals surface area contributed by atoms with Crippen LogP contribution in [0.4, 0.5) is 0 Å². The molecule has 0 aliphatic carbocycles. The van der Waals surface area contributed by atoms with Gasteiger partial charge in [0.25, 0.3) is 0 Å². The fraction of sp³-hybridized carbons (Fsp3) is 0.621. The van der Waals surface area contributed by atoms with Gasteiger partial charge in [0.05, 0.1) is 12.2 Å². The number of carbonyl (C=O) groups is 1. The quantitative estimate of drug-likeness (QED) is 0.189. The molecule has 2 bridgehead atoms. The summed E-state index contributed by atoms with van der Waals surface area (Å²) in [5.74, 6) is 3.18. The van der Waals surface area contributed by atoms with E-state index < -0.39 is 5.97 Å². The van der Waals surface area contributed by atoms with Crippen molar-refractivity contribution in [3.8, 4) is 0 Å². The molecule has 1 N–H and O–H groups in total. The van der Waals surface area contributed by atoms with Crippen LogP contribution in [0.1, 0.15) is 76.2 Å². The second-order valence-corrected chi connectivity index (χ2v) is 10.7. The Bertz CT molecular complexity index is 730. The predicted octanol–water partition coefficient (Wildman–Crippen LogP) is 7.46. The monoisotopic (exact) mass is 470 g/mol. The van der Waals surface area contributed by atoms with Crippen molar-refractivity contribution in [1.82, 2.24) is 0 Å². The summed E-state index contributed by atoms with van der Waals surface area (Å²) in [4.78, 5) is 10.6. The standard InChI is InChI=1S/C29H42O3S/c30-29(31)18-12-5-4-11-17-25-26(28-20-19-27(25)32-28)21-23-33-22-13-6-2-1-3-8-14-24-15-9-7-10-16-24/h1-2,4,7,9-11,15-16,25-28H,3,5-6,8,12-14,17-23H2,(H,30,31)/b2-1?,11-4-/t25-,26+,27-,28+/m1/s1. The van der Waals surface area contributed by atoms with Crippen molar-refractivity contribution in [2.45, 2.75) is 89.3 Å². The van der Waals surface area contributed by atoms with E-state index >= 15 is 0 Å². The van der Waals surface area contributed by atoms with Crippen LogP contribution in [0.2, 0.25) is 0 Å². The van der Waals surface area contributed by atoms with Gasteiger partial charge in [0.15, 0.2) is 0 Å². The molecule has 4 atom stereocenters. The first-order valence-corrected chi connectivity index (χ1v) is 14.2. The fourth-order valence-corrected chi connectivity index (χ4v) is 6.28. The Morgan fingerprint density at radius 2 is 1.61 bits per heavy atom. The van der Waals surface area contributed by atoms with Crippen molar-refractivity contribution in [2.24, 2.45) is 11.8 Å². The summed E-state index contributed by atoms with van der Waals surface area (Å²) < 4.78 is 6.25. The van der Waals surface area contributed by atoms with E-state index in [0.29, 0.717) is 24.0 Å². The number of hydrogen-bond donors (Lipinski definition) is 1. The maximum Gasteiger partial charge on any atom is 0.303 e. The van der Waals surface area contributed by atoms with E-state index in [1.165, 1.54) is 68.4 Å². The summed E-state index contributed by atoms with van der Waals surface area (Å²) in [6.45, 7) is 0. The van der Waals surface area contributed by atoms with Gasteiger partial charge in [0.2, 0.25) is 0 Å². The number of thioether (sulfide) groups is 1. The Hall–Kier alpha value is -1.52. The summed E-state index contributed by atoms with van der Waals surface area (Å²) >= 11 is 2.11. The summed E-state index contributed by atoms with van der Waals surface area (Å²) in [5.41, 5.74) is 1.44. The highest BCUT2D eigenvalue weighted by Gasteiger charge is 2.47. The maximum absolute atomic E-state index is 10.6. The van der Waals surface area contributed by atoms with E-state index in [2.05, 4.69) is 66.4 Å². The van der Waals surface area contributed by atoms with Crippen LogP contribution in [0, 0.1) is 11.8 Å². The number of fused-ring (bicyclic) bond motifs is 2. The van der Waals surface area contributed by atoms with Gasteiger partial charge in [-0.15, -0.1) is 0 Å². The van der Waals surface area contributed by atoms with Gasteiger partial charge in [0, 0.05) is 6.42 Å². The van der Waals surface area contributed by atoms with Crippen LogP contribution in [0.15, 0.2) is 54.6 Å². The number of ether oxygens (including phenoxy) is 1. The second-order valence-electron chi connectivity index (χ2n) is 9.50. The number of allylic oxidation sites excluding steroid dienone is 4. The lowest BCUT2D eigenvalue weighted by atomic mass is 9.76. The minimum Gasteiger partial charge on any atom is -0.481 e. The fourth-order valence-electron chi connectivity index (χ4n) is 5.27. The zero-order valence-corrected chi connectivity index (χ0v) is 20.9. The number of unbranched alkanes of at least 4 members (excludes halogenated alkanes) is 3. The van der Waals surface area contributed by atoms with E-state index in [0.717, 1.165) is 19.3 Å². The molecule has 0 aromatic heterocycles. The summed E-state index contributed by atoms with van der Waals surface area (Å²) in [6, 6.07) is 10.8. The average Bonchev–Trinajstić information content (AvgIpc) is 3.42. The molecule has 2 saturated heterocycles. The molecule has 0 unspecified atom stereocenters. The highest BCUT2D eigenvalue weighted by atomic mass is 32.2. The lowest BCUT2D eigenvalue weighted by Gasteiger charge is -2.27. The highest BCUT2D eigenvalue weighted by Crippen LogP contribution is 2.47. The topological polar surface area (TPSA) is 46.5 Å². The molecule has 0 saturated carbocycles. The first-order chi connectivity index (χ1) is 16.2. The van der Waals surface area contributed by atoms with Gasteiger partial charge in [-0.05, 0) is 99.5 Å². The summed E-state index contributed by atoms with van der Waals surface area (Å²) in [7, 11) is 0. The van der Waals surface area contributed by atoms with E-state index in [1.54, 1.807) is 0 Å². The van der Waals surface area contributed by atoms with Gasteiger partial charge >= 0.3 is 5.97 Å². The van der Waals surface area contributed by atoms with E-state index in [9.17, 15) is 4.79 Å². The van der Waals surface area contributed by atoms with Crippen LogP contribution in [0.25, 0.3) is 0 Å². The molecular weight excluding hydrogens is 428 g/mol. The Labute approximate surface area is 205 Å². The smallest absolute Gasteiger partial charge is 0.303 e. The number of aryl methyl sites for hydroxylation is 1. The molecule has 1 aromatic rings. The molecule has 0 spiro atoms. The molecule has 2 heterocycles. The van der Waals surface area contributed by atoms with Crippen LogP contribution in [0.3, 0.4) is 0 Å². The van der Waals surface area contributed by atoms with E-state index in [1.807, 2.05) is 0 Å². The van der Waals surface area contributed by atoms with Crippen molar-refractivity contribution < 1.29 is 14.6 Å². The van der Waals surface area contributed by atoms with Crippen LogP contribution in [0.5, 0.6) is 0 Å². The number of benzene rings is 1. The maximum atomic E-state index is 10.6. The molecule has 3 nitrogen and oxygen atoms in total. The first kappa shape index (κ1) is 26.1. The van der Waals surface area contributed by atoms with Crippen molar-refractivity contribution in [3.63, 3.8) is 0 Å². The summed E-state index contributed by atoms with van der Waals surface area (Å²) in [5, 5.41) is 8.73. The minimum atomic E-state index is -0.697.